The summed E-state index contributed by atoms with van der Waals surface area (Å²) < 4.78 is 12.2. The number of carbonyl (C=O) groups is 2. The van der Waals surface area contributed by atoms with Gasteiger partial charge in [-0.15, -0.1) is 0 Å². The minimum absolute atomic E-state index is 0.220. The third-order valence-electron chi connectivity index (χ3n) is 5.21. The van der Waals surface area contributed by atoms with Crippen LogP contribution in [0.15, 0.2) is 48.5 Å². The van der Waals surface area contributed by atoms with Gasteiger partial charge in [-0.25, -0.2) is 14.3 Å². The highest BCUT2D eigenvalue weighted by molar-refractivity contribution is 6.30. The summed E-state index contributed by atoms with van der Waals surface area (Å²) in [6.07, 6.45) is 0.538. The number of halogens is 1. The Morgan fingerprint density at radius 3 is 2.66 bits per heavy atom. The molecular formula is C23H23ClN4O4. The quantitative estimate of drug-likeness (QED) is 0.581. The van der Waals surface area contributed by atoms with E-state index in [1.54, 1.807) is 47.9 Å². The zero-order chi connectivity index (χ0) is 22.7. The Morgan fingerprint density at radius 1 is 1.19 bits per heavy atom. The summed E-state index contributed by atoms with van der Waals surface area (Å²) in [5, 5.41) is 7.94. The topological polar surface area (TPSA) is 85.7 Å². The van der Waals surface area contributed by atoms with Crippen molar-refractivity contribution in [3.63, 3.8) is 0 Å². The van der Waals surface area contributed by atoms with Crippen LogP contribution in [0.3, 0.4) is 0 Å². The molecule has 2 heterocycles. The number of benzene rings is 2. The van der Waals surface area contributed by atoms with Crippen LogP contribution in [0, 0.1) is 0 Å². The summed E-state index contributed by atoms with van der Waals surface area (Å²) in [5.74, 6) is 0.220. The van der Waals surface area contributed by atoms with Crippen molar-refractivity contribution >= 4 is 29.3 Å². The average molecular weight is 455 g/mol. The van der Waals surface area contributed by atoms with Crippen molar-refractivity contribution in [1.29, 1.82) is 0 Å². The number of amides is 2. The van der Waals surface area contributed by atoms with Crippen molar-refractivity contribution in [2.75, 3.05) is 25.6 Å². The van der Waals surface area contributed by atoms with E-state index < -0.39 is 5.97 Å². The molecule has 0 bridgehead atoms. The Labute approximate surface area is 190 Å². The zero-order valence-corrected chi connectivity index (χ0v) is 18.6. The van der Waals surface area contributed by atoms with Gasteiger partial charge in [-0.2, -0.15) is 5.10 Å². The summed E-state index contributed by atoms with van der Waals surface area (Å²) in [6.45, 7) is 2.70. The van der Waals surface area contributed by atoms with E-state index in [-0.39, 0.29) is 24.9 Å². The number of methoxy groups -OCH3 is 1. The van der Waals surface area contributed by atoms with E-state index in [2.05, 4.69) is 10.4 Å². The number of fused-ring (bicyclic) bond motifs is 1. The SMILES string of the molecule is CCOC(=O)c1nn(-c2ccc(OC)cc2)c2c1CN(C(=O)Nc1cccc(Cl)c1)CC2. The highest BCUT2D eigenvalue weighted by atomic mass is 35.5. The molecule has 4 rings (SSSR count). The molecule has 166 valence electrons. The van der Waals surface area contributed by atoms with Crippen LogP contribution in [-0.2, 0) is 17.7 Å². The number of urea groups is 1. The van der Waals surface area contributed by atoms with Gasteiger partial charge in [-0.05, 0) is 49.4 Å². The molecule has 8 nitrogen and oxygen atoms in total. The van der Waals surface area contributed by atoms with Crippen molar-refractivity contribution in [2.45, 2.75) is 19.9 Å². The summed E-state index contributed by atoms with van der Waals surface area (Å²) in [6, 6.07) is 14.1. The lowest BCUT2D eigenvalue weighted by Gasteiger charge is -2.28. The molecule has 0 saturated heterocycles. The van der Waals surface area contributed by atoms with Gasteiger partial charge in [0, 0.05) is 29.2 Å². The first-order chi connectivity index (χ1) is 15.5. The number of nitrogens with one attached hydrogen (secondary N) is 1. The van der Waals surface area contributed by atoms with E-state index in [0.29, 0.717) is 29.2 Å². The zero-order valence-electron chi connectivity index (χ0n) is 17.8. The van der Waals surface area contributed by atoms with E-state index in [0.717, 1.165) is 17.1 Å². The third kappa shape index (κ3) is 4.40. The number of ether oxygens (including phenoxy) is 2. The molecule has 2 aromatic carbocycles. The van der Waals surface area contributed by atoms with Gasteiger partial charge < -0.3 is 19.7 Å². The molecule has 0 saturated carbocycles. The van der Waals surface area contributed by atoms with Crippen molar-refractivity contribution < 1.29 is 19.1 Å². The molecule has 0 fully saturated rings. The second-order valence-corrected chi connectivity index (χ2v) is 7.65. The molecule has 0 radical (unpaired) electrons. The monoisotopic (exact) mass is 454 g/mol. The minimum atomic E-state index is -0.506. The molecule has 9 heteroatoms. The van der Waals surface area contributed by atoms with E-state index in [4.69, 9.17) is 21.1 Å². The first-order valence-electron chi connectivity index (χ1n) is 10.2. The van der Waals surface area contributed by atoms with Crippen LogP contribution < -0.4 is 10.1 Å². The Kier molecular flexibility index (Phi) is 6.32. The average Bonchev–Trinajstić information content (AvgIpc) is 3.18. The Hall–Kier alpha value is -3.52. The van der Waals surface area contributed by atoms with E-state index >= 15 is 0 Å². The molecule has 0 aliphatic carbocycles. The lowest BCUT2D eigenvalue weighted by molar-refractivity contribution is 0.0516. The van der Waals surface area contributed by atoms with Crippen LogP contribution >= 0.6 is 11.6 Å². The number of rotatable bonds is 5. The molecule has 2 amide bonds. The van der Waals surface area contributed by atoms with Crippen molar-refractivity contribution in [2.24, 2.45) is 0 Å². The fourth-order valence-electron chi connectivity index (χ4n) is 3.66. The Bertz CT molecular complexity index is 1140. The number of anilines is 1. The predicted octanol–water partition coefficient (Wildman–Crippen LogP) is 4.30. The van der Waals surface area contributed by atoms with Gasteiger partial charge >= 0.3 is 12.0 Å². The second-order valence-electron chi connectivity index (χ2n) is 7.22. The highest BCUT2D eigenvalue weighted by Crippen LogP contribution is 2.27. The van der Waals surface area contributed by atoms with Gasteiger partial charge in [0.25, 0.3) is 0 Å². The first-order valence-corrected chi connectivity index (χ1v) is 10.6. The van der Waals surface area contributed by atoms with Gasteiger partial charge in [0.1, 0.15) is 5.75 Å². The van der Waals surface area contributed by atoms with E-state index in [1.807, 2.05) is 24.3 Å². The number of hydrogen-bond donors (Lipinski definition) is 1. The summed E-state index contributed by atoms with van der Waals surface area (Å²) >= 11 is 6.01. The van der Waals surface area contributed by atoms with E-state index in [1.165, 1.54) is 0 Å². The standard InChI is InChI=1S/C23H23ClN4O4/c1-3-32-22(29)21-19-14-27(23(30)25-16-6-4-5-15(24)13-16)12-11-20(19)28(26-21)17-7-9-18(31-2)10-8-17/h4-10,13H,3,11-12,14H2,1-2H3,(H,25,30). The van der Waals surface area contributed by atoms with Crippen LogP contribution in [0.4, 0.5) is 10.5 Å². The Balaban J connectivity index is 1.64. The smallest absolute Gasteiger partial charge is 0.359 e. The molecule has 1 aliphatic heterocycles. The molecular weight excluding hydrogens is 432 g/mol. The van der Waals surface area contributed by atoms with Crippen LogP contribution in [0.5, 0.6) is 5.75 Å². The summed E-state index contributed by atoms with van der Waals surface area (Å²) in [7, 11) is 1.60. The van der Waals surface area contributed by atoms with Crippen LogP contribution in [0.2, 0.25) is 5.02 Å². The number of carbonyl (C=O) groups excluding carboxylic acids is 2. The lowest BCUT2D eigenvalue weighted by Crippen LogP contribution is -2.39. The number of hydrogen-bond acceptors (Lipinski definition) is 5. The van der Waals surface area contributed by atoms with Crippen LogP contribution in [0.25, 0.3) is 5.69 Å². The molecule has 1 aliphatic rings. The maximum atomic E-state index is 12.9. The lowest BCUT2D eigenvalue weighted by atomic mass is 10.0. The number of aromatic nitrogens is 2. The van der Waals surface area contributed by atoms with Crippen molar-refractivity contribution in [1.82, 2.24) is 14.7 Å². The highest BCUT2D eigenvalue weighted by Gasteiger charge is 2.31. The number of nitrogens with zero attached hydrogens (tertiary/aromatic N) is 3. The maximum Gasteiger partial charge on any atom is 0.359 e. The normalized spacial score (nSPS) is 12.8. The fourth-order valence-corrected chi connectivity index (χ4v) is 3.85. The first kappa shape index (κ1) is 21.7. The maximum absolute atomic E-state index is 12.9. The molecule has 32 heavy (non-hydrogen) atoms. The van der Waals surface area contributed by atoms with Crippen molar-refractivity contribution in [3.05, 3.63) is 70.5 Å². The Morgan fingerprint density at radius 2 is 1.97 bits per heavy atom. The molecule has 0 spiro atoms. The van der Waals surface area contributed by atoms with Crippen LogP contribution in [-0.4, -0.2) is 46.9 Å². The van der Waals surface area contributed by atoms with E-state index in [9.17, 15) is 9.59 Å². The van der Waals surface area contributed by atoms with Gasteiger partial charge in [0.15, 0.2) is 5.69 Å². The predicted molar refractivity (Wildman–Crippen MR) is 121 cm³/mol. The molecule has 1 N–H and O–H groups in total. The fraction of sp³-hybridized carbons (Fsp3) is 0.261. The molecule has 1 aromatic heterocycles. The molecule has 0 atom stereocenters. The summed E-state index contributed by atoms with van der Waals surface area (Å²) in [4.78, 5) is 27.1. The summed E-state index contributed by atoms with van der Waals surface area (Å²) in [5.41, 5.74) is 3.19. The van der Waals surface area contributed by atoms with Gasteiger partial charge in [-0.3, -0.25) is 0 Å². The molecule has 3 aromatic rings. The van der Waals surface area contributed by atoms with Crippen molar-refractivity contribution in [3.8, 4) is 11.4 Å². The van der Waals surface area contributed by atoms with Gasteiger partial charge in [-0.1, -0.05) is 17.7 Å². The second kappa shape index (κ2) is 9.32. The molecule has 0 unspecified atom stereocenters. The largest absolute Gasteiger partial charge is 0.497 e. The van der Waals surface area contributed by atoms with Gasteiger partial charge in [0.05, 0.1) is 31.6 Å². The minimum Gasteiger partial charge on any atom is -0.497 e. The number of esters is 1. The third-order valence-corrected chi connectivity index (χ3v) is 5.44. The van der Waals surface area contributed by atoms with Gasteiger partial charge in [0.2, 0.25) is 0 Å². The van der Waals surface area contributed by atoms with Crippen LogP contribution in [0.1, 0.15) is 28.7 Å².